The van der Waals surface area contributed by atoms with Gasteiger partial charge in [0.2, 0.25) is 0 Å². The van der Waals surface area contributed by atoms with Crippen LogP contribution < -0.4 is 0 Å². The van der Waals surface area contributed by atoms with Crippen molar-refractivity contribution < 1.29 is 19.4 Å². The molecule has 4 nitrogen and oxygen atoms in total. The standard InChI is InChI=1S/C49H90O4/c1-3-5-7-9-11-13-15-17-19-20-21-22-23-24-25-26-27-28-29-30-32-33-35-37-39-41-43-45-47(49(51)52)53-48(50)46-44-42-40-38-36-34-31-18-16-14-12-10-8-6-4-2/h6,8,12,14,18,31,47H,3-5,7,9-11,13,15-17,19-30,32-46H2,1-2H3,(H,51,52)/b8-6-,14-12-,31-18-. The molecule has 53 heavy (non-hydrogen) atoms. The molecule has 1 N–H and O–H groups in total. The molecule has 0 rings (SSSR count). The van der Waals surface area contributed by atoms with Crippen LogP contribution in [0, 0.1) is 0 Å². The molecule has 310 valence electrons. The van der Waals surface area contributed by atoms with Crippen molar-refractivity contribution in [3.63, 3.8) is 0 Å². The highest BCUT2D eigenvalue weighted by Gasteiger charge is 2.21. The second kappa shape index (κ2) is 44.6. The second-order valence-electron chi connectivity index (χ2n) is 15.9. The van der Waals surface area contributed by atoms with E-state index in [9.17, 15) is 14.7 Å². The number of carboxylic acid groups (broad SMARTS) is 1. The van der Waals surface area contributed by atoms with E-state index >= 15 is 0 Å². The average molecular weight is 743 g/mol. The van der Waals surface area contributed by atoms with Gasteiger partial charge in [-0.2, -0.15) is 0 Å². The van der Waals surface area contributed by atoms with Gasteiger partial charge in [-0.15, -0.1) is 0 Å². The van der Waals surface area contributed by atoms with Gasteiger partial charge in [0.15, 0.2) is 6.10 Å². The lowest BCUT2D eigenvalue weighted by Gasteiger charge is -2.13. The van der Waals surface area contributed by atoms with Crippen molar-refractivity contribution in [2.75, 3.05) is 0 Å². The number of unbranched alkanes of at least 4 members (excludes halogenated alkanes) is 31. The van der Waals surface area contributed by atoms with Gasteiger partial charge >= 0.3 is 11.9 Å². The fraction of sp³-hybridized carbons (Fsp3) is 0.837. The number of allylic oxidation sites excluding steroid dienone is 6. The molecule has 4 heteroatoms. The lowest BCUT2D eigenvalue weighted by atomic mass is 10.0. The third kappa shape index (κ3) is 42.8. The van der Waals surface area contributed by atoms with Crippen molar-refractivity contribution in [2.45, 2.75) is 264 Å². The molecule has 0 radical (unpaired) electrons. The molecule has 0 aromatic carbocycles. The van der Waals surface area contributed by atoms with Crippen LogP contribution in [-0.4, -0.2) is 23.1 Å². The Labute approximate surface area is 330 Å². The minimum Gasteiger partial charge on any atom is -0.479 e. The molecule has 0 heterocycles. The summed E-state index contributed by atoms with van der Waals surface area (Å²) in [5.41, 5.74) is 0. The summed E-state index contributed by atoms with van der Waals surface area (Å²) in [6, 6.07) is 0. The van der Waals surface area contributed by atoms with E-state index in [-0.39, 0.29) is 5.97 Å². The van der Waals surface area contributed by atoms with Gasteiger partial charge in [0.25, 0.3) is 0 Å². The highest BCUT2D eigenvalue weighted by molar-refractivity contribution is 5.77. The van der Waals surface area contributed by atoms with Gasteiger partial charge in [0.05, 0.1) is 0 Å². The minimum absolute atomic E-state index is 0.322. The van der Waals surface area contributed by atoms with Gasteiger partial charge < -0.3 is 9.84 Å². The van der Waals surface area contributed by atoms with E-state index in [2.05, 4.69) is 50.3 Å². The van der Waals surface area contributed by atoms with Crippen LogP contribution in [0.4, 0.5) is 0 Å². The summed E-state index contributed by atoms with van der Waals surface area (Å²) in [6.07, 6.45) is 59.3. The maximum atomic E-state index is 12.2. The number of rotatable bonds is 43. The number of hydrogen-bond donors (Lipinski definition) is 1. The highest BCUT2D eigenvalue weighted by atomic mass is 16.6. The predicted octanol–water partition coefficient (Wildman–Crippen LogP) is 16.5. The Balaban J connectivity index is 3.46. The van der Waals surface area contributed by atoms with Gasteiger partial charge in [-0.25, -0.2) is 4.79 Å². The van der Waals surface area contributed by atoms with Crippen LogP contribution >= 0.6 is 0 Å². The maximum Gasteiger partial charge on any atom is 0.345 e. The number of carbonyl (C=O) groups is 2. The Hall–Kier alpha value is -1.84. The average Bonchev–Trinajstić information content (AvgIpc) is 3.15. The van der Waals surface area contributed by atoms with Crippen LogP contribution in [0.2, 0.25) is 0 Å². The summed E-state index contributed by atoms with van der Waals surface area (Å²) in [4.78, 5) is 23.9. The Kier molecular flexibility index (Phi) is 43.0. The number of aliphatic carboxylic acids is 1. The molecule has 0 saturated carbocycles. The topological polar surface area (TPSA) is 63.6 Å². The van der Waals surface area contributed by atoms with Crippen LogP contribution in [-0.2, 0) is 14.3 Å². The van der Waals surface area contributed by atoms with Gasteiger partial charge in [0.1, 0.15) is 0 Å². The summed E-state index contributed by atoms with van der Waals surface area (Å²) in [7, 11) is 0. The first-order chi connectivity index (χ1) is 26.1. The molecule has 0 aliphatic carbocycles. The zero-order valence-electron chi connectivity index (χ0n) is 35.6. The zero-order valence-corrected chi connectivity index (χ0v) is 35.6. The van der Waals surface area contributed by atoms with Crippen LogP contribution in [0.25, 0.3) is 0 Å². The molecule has 0 fully saturated rings. The lowest BCUT2D eigenvalue weighted by Crippen LogP contribution is -2.27. The smallest absolute Gasteiger partial charge is 0.345 e. The summed E-state index contributed by atoms with van der Waals surface area (Å²) >= 11 is 0. The van der Waals surface area contributed by atoms with E-state index in [1.165, 1.54) is 161 Å². The van der Waals surface area contributed by atoms with Crippen LogP contribution in [0.1, 0.15) is 258 Å². The molecular formula is C49H90O4. The Morgan fingerprint density at radius 3 is 1.17 bits per heavy atom. The van der Waals surface area contributed by atoms with Gasteiger partial charge in [0, 0.05) is 6.42 Å². The van der Waals surface area contributed by atoms with E-state index in [0.29, 0.717) is 12.8 Å². The monoisotopic (exact) mass is 743 g/mol. The Morgan fingerprint density at radius 2 is 0.774 bits per heavy atom. The largest absolute Gasteiger partial charge is 0.479 e. The third-order valence-electron chi connectivity index (χ3n) is 10.7. The first-order valence-electron chi connectivity index (χ1n) is 23.5. The molecule has 0 aliphatic heterocycles. The number of carboxylic acids is 1. The van der Waals surface area contributed by atoms with E-state index in [4.69, 9.17) is 4.74 Å². The minimum atomic E-state index is -1.01. The van der Waals surface area contributed by atoms with E-state index in [0.717, 1.165) is 70.6 Å². The first-order valence-corrected chi connectivity index (χ1v) is 23.5. The molecule has 0 aliphatic rings. The molecule has 0 bridgehead atoms. The van der Waals surface area contributed by atoms with Crippen LogP contribution in [0.3, 0.4) is 0 Å². The Morgan fingerprint density at radius 1 is 0.434 bits per heavy atom. The lowest BCUT2D eigenvalue weighted by molar-refractivity contribution is -0.164. The van der Waals surface area contributed by atoms with Gasteiger partial charge in [-0.3, -0.25) is 4.79 Å². The third-order valence-corrected chi connectivity index (χ3v) is 10.7. The van der Waals surface area contributed by atoms with E-state index in [1.54, 1.807) is 0 Å². The molecule has 0 aromatic rings. The molecule has 0 saturated heterocycles. The maximum absolute atomic E-state index is 12.2. The quantitative estimate of drug-likeness (QED) is 0.0384. The fourth-order valence-corrected chi connectivity index (χ4v) is 7.16. The van der Waals surface area contributed by atoms with E-state index < -0.39 is 12.1 Å². The van der Waals surface area contributed by atoms with Crippen LogP contribution in [0.5, 0.6) is 0 Å². The second-order valence-corrected chi connectivity index (χ2v) is 15.9. The molecule has 0 amide bonds. The highest BCUT2D eigenvalue weighted by Crippen LogP contribution is 2.17. The van der Waals surface area contributed by atoms with Crippen LogP contribution in [0.15, 0.2) is 36.5 Å². The zero-order chi connectivity index (χ0) is 38.6. The first kappa shape index (κ1) is 51.2. The fourth-order valence-electron chi connectivity index (χ4n) is 7.16. The Bertz CT molecular complexity index is 843. The summed E-state index contributed by atoms with van der Waals surface area (Å²) in [6.45, 7) is 4.45. The van der Waals surface area contributed by atoms with Gasteiger partial charge in [-0.05, 0) is 51.4 Å². The summed E-state index contributed by atoms with van der Waals surface area (Å²) < 4.78 is 5.33. The van der Waals surface area contributed by atoms with Crippen molar-refractivity contribution in [2.24, 2.45) is 0 Å². The van der Waals surface area contributed by atoms with Crippen molar-refractivity contribution in [3.8, 4) is 0 Å². The van der Waals surface area contributed by atoms with Crippen molar-refractivity contribution in [3.05, 3.63) is 36.5 Å². The molecular weight excluding hydrogens is 653 g/mol. The SMILES string of the molecule is CC/C=C\C/C=C\C/C=C\CCCCCCCC(=O)OC(CCCCCCCCCCCCCCCCCCCCCCCCCCCCC)C(=O)O. The number of hydrogen-bond acceptors (Lipinski definition) is 3. The number of esters is 1. The van der Waals surface area contributed by atoms with Crippen molar-refractivity contribution >= 4 is 11.9 Å². The van der Waals surface area contributed by atoms with Crippen molar-refractivity contribution in [1.82, 2.24) is 0 Å². The summed E-state index contributed by atoms with van der Waals surface area (Å²) in [5, 5.41) is 9.53. The van der Waals surface area contributed by atoms with Crippen molar-refractivity contribution in [1.29, 1.82) is 0 Å². The molecule has 1 atom stereocenters. The number of carbonyl (C=O) groups excluding carboxylic acids is 1. The predicted molar refractivity (Wildman–Crippen MR) is 232 cm³/mol. The summed E-state index contributed by atoms with van der Waals surface area (Å²) in [5.74, 6) is -1.37. The molecule has 0 spiro atoms. The van der Waals surface area contributed by atoms with E-state index in [1.807, 2.05) is 0 Å². The molecule has 0 aromatic heterocycles. The normalized spacial score (nSPS) is 12.5. The van der Waals surface area contributed by atoms with Gasteiger partial charge in [-0.1, -0.05) is 237 Å². The molecule has 1 unspecified atom stereocenters. The number of ether oxygens (including phenoxy) is 1.